The van der Waals surface area contributed by atoms with E-state index < -0.39 is 0 Å². The number of unbranched alkanes of at least 4 members (excludes halogenated alkanes) is 2. The smallest absolute Gasteiger partial charge is 0.0787 e. The topological polar surface area (TPSA) is 65.4 Å². The number of hydrogen-bond donors (Lipinski definition) is 2. The molecule has 2 fully saturated rings. The van der Waals surface area contributed by atoms with Crippen molar-refractivity contribution in [1.29, 1.82) is 0 Å². The third kappa shape index (κ3) is 13.2. The number of ether oxygens (including phenoxy) is 2. The molecule has 0 amide bonds. The van der Waals surface area contributed by atoms with Crippen molar-refractivity contribution in [1.82, 2.24) is 10.1 Å². The van der Waals surface area contributed by atoms with Crippen LogP contribution in [0.15, 0.2) is 0 Å². The van der Waals surface area contributed by atoms with E-state index in [4.69, 9.17) is 9.47 Å². The van der Waals surface area contributed by atoms with Crippen molar-refractivity contribution in [2.24, 2.45) is 0 Å². The molecular formula is C32H67I2N3O4. The van der Waals surface area contributed by atoms with Gasteiger partial charge >= 0.3 is 0 Å². The third-order valence-electron chi connectivity index (χ3n) is 9.48. The standard InChI is InChI=1S/C19H41N2O2.C13H26INO2.HI/c1-8-21(9-2,10-3)13-11-12-14-23-17-15-18(4,5)20(22)19(6,7)16-17;1-12(2)9-11(17-8-6-5-7-14)10-13(3,4)15(12)16;/h17,22H,8-16H2,1-7H3;11,16H,5-10H2,1-4H3;1H/q+1;;/p-1. The molecule has 41 heavy (non-hydrogen) atoms. The highest BCUT2D eigenvalue weighted by molar-refractivity contribution is 14.1. The molecule has 2 heterocycles. The van der Waals surface area contributed by atoms with Crippen molar-refractivity contribution in [2.75, 3.05) is 43.8 Å². The highest BCUT2D eigenvalue weighted by Gasteiger charge is 2.46. The molecule has 0 radical (unpaired) electrons. The van der Waals surface area contributed by atoms with Gasteiger partial charge in [-0.1, -0.05) is 22.6 Å². The van der Waals surface area contributed by atoms with Gasteiger partial charge in [-0.25, -0.2) is 0 Å². The summed E-state index contributed by atoms with van der Waals surface area (Å²) in [5, 5.41) is 23.5. The van der Waals surface area contributed by atoms with E-state index in [9.17, 15) is 10.4 Å². The van der Waals surface area contributed by atoms with Crippen molar-refractivity contribution < 1.29 is 48.3 Å². The second-order valence-electron chi connectivity index (χ2n) is 14.8. The highest BCUT2D eigenvalue weighted by atomic mass is 127. The van der Waals surface area contributed by atoms with Gasteiger partial charge in [-0.3, -0.25) is 0 Å². The van der Waals surface area contributed by atoms with Gasteiger partial charge in [0.1, 0.15) is 0 Å². The summed E-state index contributed by atoms with van der Waals surface area (Å²) < 4.78 is 14.6. The summed E-state index contributed by atoms with van der Waals surface area (Å²) in [7, 11) is 0. The lowest BCUT2D eigenvalue weighted by Crippen LogP contribution is -3.00. The molecule has 9 heteroatoms. The molecule has 248 valence electrons. The maximum atomic E-state index is 10.3. The third-order valence-corrected chi connectivity index (χ3v) is 10.2. The Bertz CT molecular complexity index is 673. The SMILES string of the molecule is CC1(C)CC(OCCCCI)CC(C)(C)N1O.CC[N+](CC)(CC)CCCCOC1CC(C)(C)N(O)C(C)(C)C1.[I-]. The minimum absolute atomic E-state index is 0. The Labute approximate surface area is 285 Å². The molecule has 0 aromatic rings. The van der Waals surface area contributed by atoms with Crippen molar-refractivity contribution in [3.05, 3.63) is 0 Å². The van der Waals surface area contributed by atoms with Crippen molar-refractivity contribution in [3.8, 4) is 0 Å². The van der Waals surface area contributed by atoms with Crippen LogP contribution in [-0.4, -0.2) is 103 Å². The summed E-state index contributed by atoms with van der Waals surface area (Å²) in [5.74, 6) is 0. The number of quaternary nitrogens is 1. The van der Waals surface area contributed by atoms with E-state index in [0.717, 1.165) is 51.7 Å². The molecule has 0 aromatic carbocycles. The number of hydroxylamine groups is 4. The Balaban J connectivity index is 0.000000794. The van der Waals surface area contributed by atoms with E-state index >= 15 is 0 Å². The quantitative estimate of drug-likeness (QED) is 0.115. The normalized spacial score (nSPS) is 23.0. The zero-order chi connectivity index (χ0) is 30.8. The van der Waals surface area contributed by atoms with Gasteiger partial charge in [-0.05, 0) is 132 Å². The molecule has 0 saturated carbocycles. The van der Waals surface area contributed by atoms with Crippen LogP contribution in [0.1, 0.15) is 128 Å². The summed E-state index contributed by atoms with van der Waals surface area (Å²) in [6.07, 6.45) is 8.87. The van der Waals surface area contributed by atoms with E-state index in [1.807, 2.05) is 0 Å². The van der Waals surface area contributed by atoms with E-state index in [0.29, 0.717) is 0 Å². The van der Waals surface area contributed by atoms with Gasteiger partial charge in [0.15, 0.2) is 0 Å². The van der Waals surface area contributed by atoms with Gasteiger partial charge in [0.05, 0.1) is 38.4 Å². The first-order valence-electron chi connectivity index (χ1n) is 16.0. The first-order chi connectivity index (χ1) is 18.4. The molecule has 2 rings (SSSR count). The second kappa shape index (κ2) is 18.4. The zero-order valence-electron chi connectivity index (χ0n) is 28.6. The maximum Gasteiger partial charge on any atom is 0.0787 e. The average Bonchev–Trinajstić information content (AvgIpc) is 2.86. The van der Waals surface area contributed by atoms with Gasteiger partial charge in [0, 0.05) is 35.4 Å². The molecule has 2 saturated heterocycles. The van der Waals surface area contributed by atoms with Crippen LogP contribution in [-0.2, 0) is 9.47 Å². The lowest BCUT2D eigenvalue weighted by Gasteiger charge is -2.51. The monoisotopic (exact) mass is 811 g/mol. The van der Waals surface area contributed by atoms with Crippen molar-refractivity contribution >= 4 is 22.6 Å². The summed E-state index contributed by atoms with van der Waals surface area (Å²) in [6.45, 7) is 30.3. The lowest BCUT2D eigenvalue weighted by molar-refractivity contribution is -0.923. The fourth-order valence-electron chi connectivity index (χ4n) is 6.98. The fourth-order valence-corrected chi connectivity index (χ4v) is 7.52. The first kappa shape index (κ1) is 42.2. The predicted octanol–water partition coefficient (Wildman–Crippen LogP) is 4.70. The summed E-state index contributed by atoms with van der Waals surface area (Å²) in [6, 6.07) is 0. The van der Waals surface area contributed by atoms with Gasteiger partial charge in [0.2, 0.25) is 0 Å². The number of halogens is 2. The molecule has 2 aliphatic rings. The second-order valence-corrected chi connectivity index (χ2v) is 15.9. The van der Waals surface area contributed by atoms with Gasteiger partial charge in [0.25, 0.3) is 0 Å². The van der Waals surface area contributed by atoms with Gasteiger partial charge in [-0.2, -0.15) is 10.1 Å². The van der Waals surface area contributed by atoms with Crippen LogP contribution in [0.5, 0.6) is 0 Å². The minimum Gasteiger partial charge on any atom is -1.00 e. The van der Waals surface area contributed by atoms with E-state index in [2.05, 4.69) is 98.8 Å². The first-order valence-corrected chi connectivity index (χ1v) is 17.6. The number of hydrogen-bond acceptors (Lipinski definition) is 6. The maximum absolute atomic E-state index is 10.3. The summed E-state index contributed by atoms with van der Waals surface area (Å²) in [5.41, 5.74) is -0.832. The van der Waals surface area contributed by atoms with Crippen LogP contribution in [0.25, 0.3) is 0 Å². The van der Waals surface area contributed by atoms with Gasteiger partial charge < -0.3 is 48.3 Å². The minimum atomic E-state index is -0.217. The molecule has 2 aliphatic heterocycles. The average molecular weight is 812 g/mol. The van der Waals surface area contributed by atoms with Crippen LogP contribution < -0.4 is 24.0 Å². The lowest BCUT2D eigenvalue weighted by atomic mass is 9.80. The van der Waals surface area contributed by atoms with Crippen LogP contribution in [0.2, 0.25) is 0 Å². The predicted molar refractivity (Wildman–Crippen MR) is 176 cm³/mol. The Morgan fingerprint density at radius 1 is 0.634 bits per heavy atom. The van der Waals surface area contributed by atoms with Crippen LogP contribution in [0.3, 0.4) is 0 Å². The van der Waals surface area contributed by atoms with Crippen molar-refractivity contribution in [3.63, 3.8) is 0 Å². The fraction of sp³-hybridized carbons (Fsp3) is 1.00. The Hall–Kier alpha value is 1.18. The van der Waals surface area contributed by atoms with E-state index in [-0.39, 0.29) is 58.3 Å². The largest absolute Gasteiger partial charge is 1.00 e. The molecule has 0 spiro atoms. The van der Waals surface area contributed by atoms with Crippen LogP contribution in [0.4, 0.5) is 0 Å². The number of alkyl halides is 1. The number of nitrogens with zero attached hydrogens (tertiary/aromatic N) is 3. The molecule has 0 aromatic heterocycles. The Kier molecular flexibility index (Phi) is 18.9. The molecule has 0 unspecified atom stereocenters. The van der Waals surface area contributed by atoms with E-state index in [1.54, 1.807) is 0 Å². The molecular weight excluding hydrogens is 744 g/mol. The number of rotatable bonds is 14. The molecule has 7 nitrogen and oxygen atoms in total. The molecule has 0 bridgehead atoms. The van der Waals surface area contributed by atoms with Crippen LogP contribution in [0, 0.1) is 0 Å². The molecule has 0 atom stereocenters. The van der Waals surface area contributed by atoms with Crippen molar-refractivity contribution in [2.45, 2.75) is 162 Å². The Morgan fingerprint density at radius 3 is 1.24 bits per heavy atom. The highest BCUT2D eigenvalue weighted by Crippen LogP contribution is 2.39. The summed E-state index contributed by atoms with van der Waals surface area (Å²) >= 11 is 2.40. The molecule has 2 N–H and O–H groups in total. The zero-order valence-corrected chi connectivity index (χ0v) is 32.9. The Morgan fingerprint density at radius 2 is 0.951 bits per heavy atom. The van der Waals surface area contributed by atoms with E-state index in [1.165, 1.54) is 58.1 Å². The van der Waals surface area contributed by atoms with Gasteiger partial charge in [-0.15, -0.1) is 0 Å². The summed E-state index contributed by atoms with van der Waals surface area (Å²) in [4.78, 5) is 0. The van der Waals surface area contributed by atoms with Crippen LogP contribution >= 0.6 is 22.6 Å². The molecule has 0 aliphatic carbocycles. The number of piperidine rings is 2.